The molecular weight excluding hydrogens is 458 g/mol. The Hall–Kier alpha value is -3.07. The number of hydrogen-bond acceptors (Lipinski definition) is 7. The summed E-state index contributed by atoms with van der Waals surface area (Å²) in [5, 5.41) is 7.60. The van der Waals surface area contributed by atoms with Crippen molar-refractivity contribution in [2.75, 3.05) is 11.5 Å². The van der Waals surface area contributed by atoms with Gasteiger partial charge in [0.1, 0.15) is 10.8 Å². The Morgan fingerprint density at radius 2 is 1.88 bits per heavy atom. The Bertz CT molecular complexity index is 1320. The number of aromatic nitrogens is 2. The highest BCUT2D eigenvalue weighted by Gasteiger charge is 2.25. The van der Waals surface area contributed by atoms with E-state index < -0.39 is 0 Å². The van der Waals surface area contributed by atoms with Crippen LogP contribution in [0.5, 0.6) is 5.75 Å². The zero-order valence-electron chi connectivity index (χ0n) is 17.2. The Labute approximate surface area is 197 Å². The number of nitrogens with zero attached hydrogens (tertiary/aromatic N) is 3. The molecule has 3 aromatic heterocycles. The van der Waals surface area contributed by atoms with Gasteiger partial charge in [-0.05, 0) is 42.6 Å². The number of anilines is 2. The number of amides is 1. The number of hydrogen-bond donors (Lipinski definition) is 0. The predicted molar refractivity (Wildman–Crippen MR) is 134 cm³/mol. The fourth-order valence-electron chi connectivity index (χ4n) is 3.36. The topological polar surface area (TPSA) is 55.3 Å². The quantitative estimate of drug-likeness (QED) is 0.259. The maximum absolute atomic E-state index is 13.6. The van der Waals surface area contributed by atoms with Crippen molar-refractivity contribution in [2.24, 2.45) is 0 Å². The molecule has 0 spiro atoms. The Morgan fingerprint density at radius 1 is 1.03 bits per heavy atom. The first-order valence-corrected chi connectivity index (χ1v) is 12.7. The molecule has 0 aliphatic rings. The van der Waals surface area contributed by atoms with Crippen LogP contribution in [0.2, 0.25) is 0 Å². The van der Waals surface area contributed by atoms with Crippen molar-refractivity contribution in [3.8, 4) is 16.3 Å². The van der Waals surface area contributed by atoms with Crippen LogP contribution in [0.1, 0.15) is 12.6 Å². The highest BCUT2D eigenvalue weighted by molar-refractivity contribution is 7.22. The molecule has 2 aromatic carbocycles. The average Bonchev–Trinajstić information content (AvgIpc) is 3.56. The monoisotopic (exact) mass is 477 g/mol. The zero-order valence-corrected chi connectivity index (χ0v) is 19.7. The lowest BCUT2D eigenvalue weighted by Gasteiger charge is -2.22. The molecule has 5 nitrogen and oxygen atoms in total. The highest BCUT2D eigenvalue weighted by atomic mass is 32.1. The van der Waals surface area contributed by atoms with Gasteiger partial charge >= 0.3 is 0 Å². The first-order chi connectivity index (χ1) is 15.7. The molecule has 0 radical (unpaired) electrons. The van der Waals surface area contributed by atoms with Crippen molar-refractivity contribution in [1.82, 2.24) is 9.97 Å². The molecule has 5 aromatic rings. The standard InChI is InChI=1S/C24H19N3O2S3/c1-2-29-20-9-5-4-8-19(20)27(24-26-18-7-3-6-10-21(18)32-24)22(28)13-17-15-31-23(25-17)16-11-12-30-14-16/h3-12,14-15H,2,13H2,1H3. The zero-order chi connectivity index (χ0) is 21.9. The molecule has 5 rings (SSSR count). The third-order valence-corrected chi connectivity index (χ3v) is 7.43. The number of carbonyl (C=O) groups excluding carboxylic acids is 1. The molecular formula is C24H19N3O2S3. The van der Waals surface area contributed by atoms with E-state index in [-0.39, 0.29) is 12.3 Å². The molecule has 3 heterocycles. The molecule has 0 saturated carbocycles. The molecule has 0 fully saturated rings. The van der Waals surface area contributed by atoms with Gasteiger partial charge in [-0.15, -0.1) is 11.3 Å². The molecule has 32 heavy (non-hydrogen) atoms. The van der Waals surface area contributed by atoms with Crippen LogP contribution >= 0.6 is 34.0 Å². The molecule has 0 atom stereocenters. The summed E-state index contributed by atoms with van der Waals surface area (Å²) in [6.45, 7) is 2.44. The number of carbonyl (C=O) groups is 1. The van der Waals surface area contributed by atoms with Gasteiger partial charge < -0.3 is 4.74 Å². The maximum atomic E-state index is 13.6. The van der Waals surface area contributed by atoms with Crippen LogP contribution < -0.4 is 9.64 Å². The van der Waals surface area contributed by atoms with E-state index in [9.17, 15) is 4.79 Å². The Kier molecular flexibility index (Phi) is 5.98. The van der Waals surface area contributed by atoms with Gasteiger partial charge in [0.25, 0.3) is 0 Å². The maximum Gasteiger partial charge on any atom is 0.239 e. The minimum absolute atomic E-state index is 0.0987. The summed E-state index contributed by atoms with van der Waals surface area (Å²) in [6.07, 6.45) is 0.178. The van der Waals surface area contributed by atoms with Crippen LogP contribution in [0.25, 0.3) is 20.8 Å². The van der Waals surface area contributed by atoms with Gasteiger partial charge in [0.2, 0.25) is 5.91 Å². The summed E-state index contributed by atoms with van der Waals surface area (Å²) in [6, 6.07) is 17.5. The van der Waals surface area contributed by atoms with E-state index in [0.717, 1.165) is 26.5 Å². The van der Waals surface area contributed by atoms with Crippen LogP contribution in [0.3, 0.4) is 0 Å². The SMILES string of the molecule is CCOc1ccccc1N(C(=O)Cc1csc(-c2ccsc2)n1)c1nc2ccccc2s1. The molecule has 0 bridgehead atoms. The summed E-state index contributed by atoms with van der Waals surface area (Å²) in [5.41, 5.74) is 3.39. The molecule has 0 unspecified atom stereocenters. The number of rotatable bonds is 7. The first kappa shape index (κ1) is 20.8. The van der Waals surface area contributed by atoms with Crippen molar-refractivity contribution in [1.29, 1.82) is 0 Å². The molecule has 0 aliphatic carbocycles. The van der Waals surface area contributed by atoms with Crippen LogP contribution in [0.15, 0.2) is 70.7 Å². The molecule has 8 heteroatoms. The minimum Gasteiger partial charge on any atom is -0.492 e. The summed E-state index contributed by atoms with van der Waals surface area (Å²) >= 11 is 4.68. The van der Waals surface area contributed by atoms with E-state index in [1.165, 1.54) is 11.3 Å². The minimum atomic E-state index is -0.0987. The summed E-state index contributed by atoms with van der Waals surface area (Å²) < 4.78 is 6.87. The lowest BCUT2D eigenvalue weighted by Crippen LogP contribution is -2.28. The van der Waals surface area contributed by atoms with Gasteiger partial charge in [-0.25, -0.2) is 9.97 Å². The van der Waals surface area contributed by atoms with Crippen LogP contribution in [-0.4, -0.2) is 22.5 Å². The van der Waals surface area contributed by atoms with Gasteiger partial charge in [-0.1, -0.05) is 35.6 Å². The lowest BCUT2D eigenvalue weighted by molar-refractivity contribution is -0.117. The molecule has 160 valence electrons. The lowest BCUT2D eigenvalue weighted by atomic mass is 10.2. The number of ether oxygens (including phenoxy) is 1. The predicted octanol–water partition coefficient (Wildman–Crippen LogP) is 6.79. The fourth-order valence-corrected chi connectivity index (χ4v) is 5.89. The summed E-state index contributed by atoms with van der Waals surface area (Å²) in [4.78, 5) is 24.8. The number of benzene rings is 2. The summed E-state index contributed by atoms with van der Waals surface area (Å²) in [7, 11) is 0. The number of thiazole rings is 2. The summed E-state index contributed by atoms with van der Waals surface area (Å²) in [5.74, 6) is 0.554. The second-order valence-electron chi connectivity index (χ2n) is 6.93. The van der Waals surface area contributed by atoms with Gasteiger partial charge in [0.15, 0.2) is 5.13 Å². The molecule has 0 aliphatic heterocycles. The van der Waals surface area contributed by atoms with Crippen molar-refractivity contribution in [3.63, 3.8) is 0 Å². The van der Waals surface area contributed by atoms with E-state index >= 15 is 0 Å². The first-order valence-electron chi connectivity index (χ1n) is 10.1. The third kappa shape index (κ3) is 4.17. The fraction of sp³-hybridized carbons (Fsp3) is 0.125. The van der Waals surface area contributed by atoms with Crippen molar-refractivity contribution < 1.29 is 9.53 Å². The van der Waals surface area contributed by atoms with E-state index in [1.54, 1.807) is 27.6 Å². The van der Waals surface area contributed by atoms with Crippen molar-refractivity contribution in [3.05, 3.63) is 76.4 Å². The second kappa shape index (κ2) is 9.20. The normalized spacial score (nSPS) is 11.0. The molecule has 0 N–H and O–H groups in total. The van der Waals surface area contributed by atoms with E-state index in [1.807, 2.05) is 72.3 Å². The smallest absolute Gasteiger partial charge is 0.239 e. The van der Waals surface area contributed by atoms with E-state index in [0.29, 0.717) is 23.2 Å². The Balaban J connectivity index is 1.53. The number of para-hydroxylation sites is 3. The van der Waals surface area contributed by atoms with Crippen LogP contribution in [0.4, 0.5) is 10.8 Å². The third-order valence-electron chi connectivity index (χ3n) is 4.78. The molecule has 1 amide bonds. The van der Waals surface area contributed by atoms with E-state index in [2.05, 4.69) is 5.38 Å². The van der Waals surface area contributed by atoms with Crippen LogP contribution in [-0.2, 0) is 11.2 Å². The second-order valence-corrected chi connectivity index (χ2v) is 9.57. The van der Waals surface area contributed by atoms with Gasteiger partial charge in [-0.2, -0.15) is 11.3 Å². The van der Waals surface area contributed by atoms with Crippen LogP contribution in [0, 0.1) is 0 Å². The van der Waals surface area contributed by atoms with Gasteiger partial charge in [0, 0.05) is 16.3 Å². The van der Waals surface area contributed by atoms with Crippen molar-refractivity contribution >= 4 is 61.0 Å². The number of thiophene rings is 1. The van der Waals surface area contributed by atoms with Gasteiger partial charge in [-0.3, -0.25) is 9.69 Å². The Morgan fingerprint density at radius 3 is 2.69 bits per heavy atom. The van der Waals surface area contributed by atoms with E-state index in [4.69, 9.17) is 14.7 Å². The number of fused-ring (bicyclic) bond motifs is 1. The highest BCUT2D eigenvalue weighted by Crippen LogP contribution is 2.38. The average molecular weight is 478 g/mol. The largest absolute Gasteiger partial charge is 0.492 e. The van der Waals surface area contributed by atoms with Gasteiger partial charge in [0.05, 0.1) is 34.6 Å². The molecule has 0 saturated heterocycles. The van der Waals surface area contributed by atoms with Crippen molar-refractivity contribution in [2.45, 2.75) is 13.3 Å².